The van der Waals surface area contributed by atoms with Gasteiger partial charge in [0.05, 0.1) is 10.0 Å². The summed E-state index contributed by atoms with van der Waals surface area (Å²) in [5.41, 5.74) is 3.28. The van der Waals surface area contributed by atoms with Gasteiger partial charge in [0.25, 0.3) is 0 Å². The molecule has 0 aliphatic heterocycles. The topological polar surface area (TPSA) is 0 Å². The van der Waals surface area contributed by atoms with Crippen LogP contribution < -0.4 is 0 Å². The van der Waals surface area contributed by atoms with Gasteiger partial charge < -0.3 is 0 Å². The Hall–Kier alpha value is -0.690. The third-order valence-corrected chi connectivity index (χ3v) is 3.39. The van der Waals surface area contributed by atoms with Crippen molar-refractivity contribution in [1.29, 1.82) is 0 Å². The zero-order chi connectivity index (χ0) is 11.7. The van der Waals surface area contributed by atoms with Crippen molar-refractivity contribution in [3.63, 3.8) is 0 Å². The summed E-state index contributed by atoms with van der Waals surface area (Å²) in [7, 11) is 0. The van der Waals surface area contributed by atoms with Crippen molar-refractivity contribution in [2.45, 2.75) is 6.92 Å². The SMILES string of the molecule is Cc1cc(Cl)ccc1-c1ccc(Cl)c(Cl)c1. The van der Waals surface area contributed by atoms with Crippen LogP contribution in [0.5, 0.6) is 0 Å². The fourth-order valence-corrected chi connectivity index (χ4v) is 2.14. The van der Waals surface area contributed by atoms with Gasteiger partial charge in [0.1, 0.15) is 0 Å². The van der Waals surface area contributed by atoms with Gasteiger partial charge in [-0.1, -0.05) is 46.9 Å². The van der Waals surface area contributed by atoms with Gasteiger partial charge in [-0.3, -0.25) is 0 Å². The van der Waals surface area contributed by atoms with Crippen LogP contribution in [0.15, 0.2) is 36.4 Å². The number of benzene rings is 2. The molecule has 0 N–H and O–H groups in total. The second-order valence-corrected chi connectivity index (χ2v) is 4.84. The van der Waals surface area contributed by atoms with Gasteiger partial charge >= 0.3 is 0 Å². The monoisotopic (exact) mass is 270 g/mol. The van der Waals surface area contributed by atoms with E-state index in [-0.39, 0.29) is 0 Å². The summed E-state index contributed by atoms with van der Waals surface area (Å²) in [6.45, 7) is 2.02. The lowest BCUT2D eigenvalue weighted by Crippen LogP contribution is -1.83. The Labute approximate surface area is 110 Å². The first-order valence-electron chi connectivity index (χ1n) is 4.79. The highest BCUT2D eigenvalue weighted by atomic mass is 35.5. The van der Waals surface area contributed by atoms with Crippen molar-refractivity contribution in [3.05, 3.63) is 57.0 Å². The molecule has 0 fully saturated rings. The van der Waals surface area contributed by atoms with E-state index in [1.54, 1.807) is 6.07 Å². The van der Waals surface area contributed by atoms with Crippen molar-refractivity contribution >= 4 is 34.8 Å². The normalized spacial score (nSPS) is 10.5. The van der Waals surface area contributed by atoms with Crippen molar-refractivity contribution in [3.8, 4) is 11.1 Å². The molecule has 0 saturated carbocycles. The van der Waals surface area contributed by atoms with Crippen LogP contribution in [0.4, 0.5) is 0 Å². The van der Waals surface area contributed by atoms with E-state index in [1.165, 1.54) is 0 Å². The molecule has 0 saturated heterocycles. The average molecular weight is 272 g/mol. The minimum Gasteiger partial charge on any atom is -0.0843 e. The number of hydrogen-bond acceptors (Lipinski definition) is 0. The zero-order valence-corrected chi connectivity index (χ0v) is 10.9. The number of rotatable bonds is 1. The predicted octanol–water partition coefficient (Wildman–Crippen LogP) is 5.62. The van der Waals surface area contributed by atoms with Gasteiger partial charge in [-0.2, -0.15) is 0 Å². The molecule has 0 aromatic heterocycles. The van der Waals surface area contributed by atoms with Crippen molar-refractivity contribution in [2.75, 3.05) is 0 Å². The summed E-state index contributed by atoms with van der Waals surface area (Å²) in [4.78, 5) is 0. The molecule has 2 rings (SSSR count). The second-order valence-electron chi connectivity index (χ2n) is 3.59. The highest BCUT2D eigenvalue weighted by molar-refractivity contribution is 6.42. The molecule has 82 valence electrons. The first kappa shape index (κ1) is 11.8. The molecule has 0 heterocycles. The number of aryl methyl sites for hydroxylation is 1. The third-order valence-electron chi connectivity index (χ3n) is 2.42. The Balaban J connectivity index is 2.54. The minimum absolute atomic E-state index is 0.563. The molecule has 0 bridgehead atoms. The van der Waals surface area contributed by atoms with Crippen molar-refractivity contribution in [2.24, 2.45) is 0 Å². The van der Waals surface area contributed by atoms with Gasteiger partial charge in [0.15, 0.2) is 0 Å². The molecular weight excluding hydrogens is 263 g/mol. The molecule has 0 unspecified atom stereocenters. The standard InChI is InChI=1S/C13H9Cl3/c1-8-6-10(14)3-4-11(8)9-2-5-12(15)13(16)7-9/h2-7H,1H3. The zero-order valence-electron chi connectivity index (χ0n) is 8.60. The summed E-state index contributed by atoms with van der Waals surface area (Å²) in [5, 5.41) is 1.87. The van der Waals surface area contributed by atoms with Crippen LogP contribution in [0, 0.1) is 6.92 Å². The summed E-state index contributed by atoms with van der Waals surface area (Å²) in [5.74, 6) is 0. The van der Waals surface area contributed by atoms with Crippen LogP contribution in [0.1, 0.15) is 5.56 Å². The second kappa shape index (κ2) is 4.67. The molecule has 0 nitrogen and oxygen atoms in total. The fraction of sp³-hybridized carbons (Fsp3) is 0.0769. The van der Waals surface area contributed by atoms with E-state index in [4.69, 9.17) is 34.8 Å². The van der Waals surface area contributed by atoms with Crippen LogP contribution >= 0.6 is 34.8 Å². The van der Waals surface area contributed by atoms with Crippen LogP contribution in [-0.4, -0.2) is 0 Å². The van der Waals surface area contributed by atoms with E-state index >= 15 is 0 Å². The van der Waals surface area contributed by atoms with Crippen LogP contribution in [-0.2, 0) is 0 Å². The molecule has 3 heteroatoms. The summed E-state index contributed by atoms with van der Waals surface area (Å²) >= 11 is 17.8. The van der Waals surface area contributed by atoms with E-state index < -0.39 is 0 Å². The van der Waals surface area contributed by atoms with Gasteiger partial charge in [-0.05, 0) is 47.9 Å². The minimum atomic E-state index is 0.563. The molecule has 0 radical (unpaired) electrons. The summed E-state index contributed by atoms with van der Waals surface area (Å²) in [6, 6.07) is 11.4. The van der Waals surface area contributed by atoms with E-state index in [0.717, 1.165) is 21.7 Å². The first-order chi connectivity index (χ1) is 7.58. The maximum atomic E-state index is 5.99. The molecule has 0 aliphatic carbocycles. The Bertz CT molecular complexity index is 533. The lowest BCUT2D eigenvalue weighted by Gasteiger charge is -2.07. The largest absolute Gasteiger partial charge is 0.0843 e. The van der Waals surface area contributed by atoms with Crippen LogP contribution in [0.25, 0.3) is 11.1 Å². The van der Waals surface area contributed by atoms with Gasteiger partial charge in [-0.25, -0.2) is 0 Å². The Morgan fingerprint density at radius 3 is 2.19 bits per heavy atom. The molecular formula is C13H9Cl3. The lowest BCUT2D eigenvalue weighted by molar-refractivity contribution is 1.46. The number of halogens is 3. The quantitative estimate of drug-likeness (QED) is 0.631. The van der Waals surface area contributed by atoms with E-state index in [2.05, 4.69) is 0 Å². The molecule has 0 atom stereocenters. The predicted molar refractivity (Wildman–Crippen MR) is 71.6 cm³/mol. The highest BCUT2D eigenvalue weighted by Gasteiger charge is 2.05. The molecule has 0 amide bonds. The average Bonchev–Trinajstić information content (AvgIpc) is 2.22. The third kappa shape index (κ3) is 2.35. The van der Waals surface area contributed by atoms with E-state index in [0.29, 0.717) is 10.0 Å². The van der Waals surface area contributed by atoms with Crippen LogP contribution in [0.3, 0.4) is 0 Å². The highest BCUT2D eigenvalue weighted by Crippen LogP contribution is 2.31. The first-order valence-corrected chi connectivity index (χ1v) is 5.93. The van der Waals surface area contributed by atoms with Gasteiger partial charge in [0, 0.05) is 5.02 Å². The van der Waals surface area contributed by atoms with Crippen molar-refractivity contribution in [1.82, 2.24) is 0 Å². The van der Waals surface area contributed by atoms with E-state index in [1.807, 2.05) is 37.3 Å². The summed E-state index contributed by atoms with van der Waals surface area (Å²) < 4.78 is 0. The molecule has 0 spiro atoms. The smallest absolute Gasteiger partial charge is 0.0598 e. The molecule has 0 aliphatic rings. The van der Waals surface area contributed by atoms with Gasteiger partial charge in [0.2, 0.25) is 0 Å². The number of hydrogen-bond donors (Lipinski definition) is 0. The molecule has 16 heavy (non-hydrogen) atoms. The lowest BCUT2D eigenvalue weighted by atomic mass is 10.0. The Morgan fingerprint density at radius 2 is 1.56 bits per heavy atom. The van der Waals surface area contributed by atoms with Crippen LogP contribution in [0.2, 0.25) is 15.1 Å². The van der Waals surface area contributed by atoms with E-state index in [9.17, 15) is 0 Å². The van der Waals surface area contributed by atoms with Crippen molar-refractivity contribution < 1.29 is 0 Å². The molecule has 2 aromatic rings. The van der Waals surface area contributed by atoms with Gasteiger partial charge in [-0.15, -0.1) is 0 Å². The maximum Gasteiger partial charge on any atom is 0.0598 e. The maximum absolute atomic E-state index is 5.99. The Morgan fingerprint density at radius 1 is 0.812 bits per heavy atom. The Kier molecular flexibility index (Phi) is 3.44. The summed E-state index contributed by atoms with van der Waals surface area (Å²) in [6.07, 6.45) is 0. The molecule has 2 aromatic carbocycles. The fourth-order valence-electron chi connectivity index (χ4n) is 1.61.